The summed E-state index contributed by atoms with van der Waals surface area (Å²) in [5.41, 5.74) is 7.16. The molecule has 3 amide bonds. The number of benzene rings is 2. The predicted octanol–water partition coefficient (Wildman–Crippen LogP) is 2.87. The minimum atomic E-state index is -1.16. The highest BCUT2D eigenvalue weighted by Crippen LogP contribution is 2.27. The Hall–Kier alpha value is -3.99. The van der Waals surface area contributed by atoms with Crippen molar-refractivity contribution in [3.05, 3.63) is 58.1 Å². The molecule has 0 unspecified atom stereocenters. The minimum Gasteiger partial charge on any atom is -0.496 e. The summed E-state index contributed by atoms with van der Waals surface area (Å²) < 4.78 is 5.38. The summed E-state index contributed by atoms with van der Waals surface area (Å²) in [5.74, 6) is -1.71. The summed E-state index contributed by atoms with van der Waals surface area (Å²) in [6.45, 7) is 1.69. The standard InChI is InChI=1S/C24H28ClN5O6/c1-3-19(13-4-6-17(23(32)33)18(26)10-13)28-24(34)30-12-21(29-35)27-11-15(22(30)31)8-14-9-16(25)5-7-20(14)36-2/h4-7,9-10,15,19,35H,3,8,11-12,26H2,1-2H3,(H,27,29)(H,28,34)(H,32,33)/t15-,19+/m0/s1. The van der Waals surface area contributed by atoms with Crippen molar-refractivity contribution < 1.29 is 29.4 Å². The monoisotopic (exact) mass is 517 g/mol. The van der Waals surface area contributed by atoms with Gasteiger partial charge in [-0.25, -0.2) is 9.59 Å². The molecule has 0 aromatic heterocycles. The number of methoxy groups -OCH3 is 1. The average molecular weight is 518 g/mol. The van der Waals surface area contributed by atoms with Crippen LogP contribution in [0.25, 0.3) is 0 Å². The molecule has 2 aromatic carbocycles. The van der Waals surface area contributed by atoms with Crippen LogP contribution in [-0.4, -0.2) is 59.2 Å². The van der Waals surface area contributed by atoms with E-state index in [1.807, 2.05) is 6.92 Å². The van der Waals surface area contributed by atoms with E-state index < -0.39 is 29.9 Å². The molecule has 12 heteroatoms. The van der Waals surface area contributed by atoms with Crippen LogP contribution in [0.2, 0.25) is 5.02 Å². The second-order valence-electron chi connectivity index (χ2n) is 8.27. The molecule has 2 atom stereocenters. The van der Waals surface area contributed by atoms with Gasteiger partial charge in [-0.3, -0.25) is 9.69 Å². The van der Waals surface area contributed by atoms with Gasteiger partial charge in [0.2, 0.25) is 5.91 Å². The van der Waals surface area contributed by atoms with Crippen LogP contribution in [0, 0.1) is 5.92 Å². The number of nitrogen functional groups attached to an aromatic ring is 1. The number of nitrogens with two attached hydrogens (primary N) is 1. The molecule has 0 aliphatic carbocycles. The number of amidine groups is 1. The van der Waals surface area contributed by atoms with Gasteiger partial charge in [-0.05, 0) is 54.3 Å². The lowest BCUT2D eigenvalue weighted by Crippen LogP contribution is -2.48. The van der Waals surface area contributed by atoms with Gasteiger partial charge in [-0.1, -0.05) is 29.7 Å². The lowest BCUT2D eigenvalue weighted by Gasteiger charge is -2.26. The molecule has 0 spiro atoms. The number of ether oxygens (including phenoxy) is 1. The van der Waals surface area contributed by atoms with Crippen LogP contribution in [0.1, 0.15) is 40.9 Å². The van der Waals surface area contributed by atoms with E-state index in [4.69, 9.17) is 22.1 Å². The van der Waals surface area contributed by atoms with Crippen LogP contribution in [0.4, 0.5) is 10.5 Å². The largest absolute Gasteiger partial charge is 0.496 e. The number of aromatic carboxylic acids is 1. The summed E-state index contributed by atoms with van der Waals surface area (Å²) in [7, 11) is 1.51. The molecule has 2 aromatic rings. The molecule has 1 fully saturated rings. The molecule has 1 saturated heterocycles. The fourth-order valence-electron chi connectivity index (χ4n) is 4.04. The summed E-state index contributed by atoms with van der Waals surface area (Å²) in [4.78, 5) is 38.9. The summed E-state index contributed by atoms with van der Waals surface area (Å²) in [6, 6.07) is 8.25. The number of carboxylic acid groups (broad SMARTS) is 1. The number of carbonyl (C=O) groups is 3. The molecule has 6 N–H and O–H groups in total. The van der Waals surface area contributed by atoms with Crippen LogP contribution in [0.3, 0.4) is 0 Å². The molecular weight excluding hydrogens is 490 g/mol. The number of halogens is 1. The number of nitrogens with zero attached hydrogens (tertiary/aromatic N) is 2. The number of imide groups is 1. The molecule has 1 aliphatic rings. The summed E-state index contributed by atoms with van der Waals surface area (Å²) in [6.07, 6.45) is 0.671. The topological polar surface area (TPSA) is 167 Å². The smallest absolute Gasteiger partial charge is 0.337 e. The molecule has 3 rings (SSSR count). The highest BCUT2D eigenvalue weighted by atomic mass is 35.5. The van der Waals surface area contributed by atoms with Gasteiger partial charge in [0.1, 0.15) is 5.75 Å². The zero-order valence-corrected chi connectivity index (χ0v) is 20.6. The Morgan fingerprint density at radius 3 is 2.69 bits per heavy atom. The van der Waals surface area contributed by atoms with Crippen LogP contribution >= 0.6 is 11.6 Å². The van der Waals surface area contributed by atoms with Crippen molar-refractivity contribution in [3.8, 4) is 5.75 Å². The van der Waals surface area contributed by atoms with Gasteiger partial charge < -0.3 is 31.4 Å². The van der Waals surface area contributed by atoms with Gasteiger partial charge in [0.25, 0.3) is 0 Å². The zero-order valence-electron chi connectivity index (χ0n) is 19.8. The van der Waals surface area contributed by atoms with Crippen molar-refractivity contribution in [2.75, 3.05) is 25.9 Å². The van der Waals surface area contributed by atoms with Crippen LogP contribution < -0.4 is 21.1 Å². The van der Waals surface area contributed by atoms with Crippen molar-refractivity contribution in [3.63, 3.8) is 0 Å². The van der Waals surface area contributed by atoms with Crippen LogP contribution in [0.5, 0.6) is 5.75 Å². The minimum absolute atomic E-state index is 0.0446. The molecule has 1 aliphatic heterocycles. The molecule has 0 bridgehead atoms. The Morgan fingerprint density at radius 2 is 2.08 bits per heavy atom. The number of oxime groups is 1. The number of amides is 3. The van der Waals surface area contributed by atoms with Crippen molar-refractivity contribution in [1.82, 2.24) is 15.5 Å². The normalized spacial score (nSPS) is 17.8. The summed E-state index contributed by atoms with van der Waals surface area (Å²) >= 11 is 6.13. The molecule has 0 saturated carbocycles. The third kappa shape index (κ3) is 5.98. The Balaban J connectivity index is 1.84. The van der Waals surface area contributed by atoms with E-state index in [-0.39, 0.29) is 36.6 Å². The van der Waals surface area contributed by atoms with E-state index in [0.29, 0.717) is 28.3 Å². The van der Waals surface area contributed by atoms with Gasteiger partial charge in [0.05, 0.1) is 31.2 Å². The third-order valence-corrected chi connectivity index (χ3v) is 6.20. The maximum Gasteiger partial charge on any atom is 0.337 e. The van der Waals surface area contributed by atoms with Crippen LogP contribution in [0.15, 0.2) is 41.6 Å². The maximum absolute atomic E-state index is 13.4. The highest BCUT2D eigenvalue weighted by molar-refractivity contribution is 6.30. The fourth-order valence-corrected chi connectivity index (χ4v) is 4.24. The first-order chi connectivity index (χ1) is 17.2. The number of hydrogen-bond donors (Lipinski definition) is 5. The molecule has 36 heavy (non-hydrogen) atoms. The predicted molar refractivity (Wildman–Crippen MR) is 134 cm³/mol. The number of nitrogens with one attached hydrogen (secondary N) is 2. The molecule has 11 nitrogen and oxygen atoms in total. The number of carboxylic acids is 1. The second-order valence-corrected chi connectivity index (χ2v) is 8.71. The number of hydrogen-bond acceptors (Lipinski definition) is 7. The maximum atomic E-state index is 13.4. The highest BCUT2D eigenvalue weighted by Gasteiger charge is 2.35. The van der Waals surface area contributed by atoms with Crippen molar-refractivity contribution in [2.24, 2.45) is 11.1 Å². The number of carbonyl (C=O) groups excluding carboxylic acids is 2. The first kappa shape index (κ1) is 26.6. The van der Waals surface area contributed by atoms with E-state index in [1.54, 1.807) is 24.3 Å². The first-order valence-corrected chi connectivity index (χ1v) is 11.6. The molecular formula is C24H28ClN5O6. The Labute approximate surface area is 212 Å². The quantitative estimate of drug-likeness (QED) is 0.212. The SMILES string of the molecule is CC[C@@H](NC(=O)N1C/C(=N\O)NC[C@H](Cc2cc(Cl)ccc2OC)C1=O)c1ccc(C(=O)O)c(N)c1. The number of rotatable bonds is 7. The van der Waals surface area contributed by atoms with Crippen molar-refractivity contribution in [1.29, 1.82) is 0 Å². The Kier molecular flexibility index (Phi) is 8.59. The molecule has 192 valence electrons. The molecule has 0 radical (unpaired) electrons. The first-order valence-electron chi connectivity index (χ1n) is 11.2. The van der Waals surface area contributed by atoms with Crippen molar-refractivity contribution >= 4 is 41.0 Å². The van der Waals surface area contributed by atoms with E-state index in [2.05, 4.69) is 15.8 Å². The lowest BCUT2D eigenvalue weighted by molar-refractivity contribution is -0.131. The number of anilines is 1. The third-order valence-electron chi connectivity index (χ3n) is 5.96. The van der Waals surface area contributed by atoms with Crippen LogP contribution in [-0.2, 0) is 11.2 Å². The Morgan fingerprint density at radius 1 is 1.33 bits per heavy atom. The van der Waals surface area contributed by atoms with E-state index in [1.165, 1.54) is 19.2 Å². The van der Waals surface area contributed by atoms with Crippen molar-refractivity contribution in [2.45, 2.75) is 25.8 Å². The van der Waals surface area contributed by atoms with Gasteiger partial charge in [0, 0.05) is 17.3 Å². The fraction of sp³-hybridized carbons (Fsp3) is 0.333. The van der Waals surface area contributed by atoms with Gasteiger partial charge in [-0.2, -0.15) is 0 Å². The zero-order chi connectivity index (χ0) is 26.4. The van der Waals surface area contributed by atoms with E-state index in [0.717, 1.165) is 4.90 Å². The van der Waals surface area contributed by atoms with Gasteiger partial charge in [0.15, 0.2) is 5.84 Å². The van der Waals surface area contributed by atoms with E-state index in [9.17, 15) is 24.7 Å². The second kappa shape index (κ2) is 11.6. The number of urea groups is 1. The average Bonchev–Trinajstić information content (AvgIpc) is 3.01. The Bertz CT molecular complexity index is 1190. The van der Waals surface area contributed by atoms with E-state index >= 15 is 0 Å². The molecule has 1 heterocycles. The lowest BCUT2D eigenvalue weighted by atomic mass is 9.97. The van der Waals surface area contributed by atoms with Gasteiger partial charge in [-0.15, -0.1) is 0 Å². The van der Waals surface area contributed by atoms with Gasteiger partial charge >= 0.3 is 12.0 Å². The summed E-state index contributed by atoms with van der Waals surface area (Å²) in [5, 5.41) is 27.9.